The molecule has 4 heterocycles. The van der Waals surface area contributed by atoms with E-state index >= 15 is 0 Å². The maximum Gasteiger partial charge on any atom is 0.269 e. The summed E-state index contributed by atoms with van der Waals surface area (Å²) in [5.74, 6) is 2.36. The molecule has 5 heteroatoms. The van der Waals surface area contributed by atoms with Crippen molar-refractivity contribution in [3.05, 3.63) is 60.3 Å². The number of hydrogen-bond acceptors (Lipinski definition) is 4. The summed E-state index contributed by atoms with van der Waals surface area (Å²) in [4.78, 5) is 9.63. The minimum absolute atomic E-state index is 0.161. The highest BCUT2D eigenvalue weighted by Gasteiger charge is 2.42. The van der Waals surface area contributed by atoms with Gasteiger partial charge in [-0.05, 0) is 45.9 Å². The van der Waals surface area contributed by atoms with Gasteiger partial charge < -0.3 is 10.2 Å². The molecule has 142 valence electrons. The average Bonchev–Trinajstić information content (AvgIpc) is 3.31. The fraction of sp³-hybridized carbons (Fsp3) is 0.455. The van der Waals surface area contributed by atoms with Gasteiger partial charge in [0.2, 0.25) is 5.82 Å². The molecule has 4 rings (SSSR count). The fourth-order valence-corrected chi connectivity index (χ4v) is 4.30. The molecule has 27 heavy (non-hydrogen) atoms. The molecule has 2 atom stereocenters. The molecule has 0 bridgehead atoms. The summed E-state index contributed by atoms with van der Waals surface area (Å²) in [6, 6.07) is 0.805. The van der Waals surface area contributed by atoms with Gasteiger partial charge in [0.1, 0.15) is 0 Å². The molecular weight excluding hydrogens is 334 g/mol. The van der Waals surface area contributed by atoms with Gasteiger partial charge in [0.25, 0.3) is 5.84 Å². The number of allylic oxidation sites excluding steroid dienone is 4. The smallest absolute Gasteiger partial charge is 0.269 e. The number of dihydropyridines is 1. The quantitative estimate of drug-likeness (QED) is 0.762. The summed E-state index contributed by atoms with van der Waals surface area (Å²) in [6.45, 7) is 8.66. The van der Waals surface area contributed by atoms with Gasteiger partial charge in [0, 0.05) is 31.4 Å². The molecule has 0 spiro atoms. The van der Waals surface area contributed by atoms with Crippen molar-refractivity contribution in [2.24, 2.45) is 4.99 Å². The summed E-state index contributed by atoms with van der Waals surface area (Å²) in [6.07, 6.45) is 21.8. The lowest BCUT2D eigenvalue weighted by molar-refractivity contribution is -0.527. The van der Waals surface area contributed by atoms with Crippen LogP contribution in [0.1, 0.15) is 33.6 Å². The third-order valence-electron chi connectivity index (χ3n) is 5.45. The molecule has 4 aliphatic rings. The Balaban J connectivity index is 1.80. The first-order valence-corrected chi connectivity index (χ1v) is 10.1. The molecular formula is C22H30N5+. The van der Waals surface area contributed by atoms with Gasteiger partial charge in [-0.3, -0.25) is 4.90 Å². The van der Waals surface area contributed by atoms with E-state index in [0.717, 1.165) is 31.8 Å². The van der Waals surface area contributed by atoms with Crippen LogP contribution in [-0.4, -0.2) is 57.8 Å². The summed E-state index contributed by atoms with van der Waals surface area (Å²) in [7, 11) is 0. The van der Waals surface area contributed by atoms with Crippen LogP contribution in [-0.2, 0) is 0 Å². The number of aliphatic imine (C=N–C) groups is 1. The Morgan fingerprint density at radius 2 is 2.26 bits per heavy atom. The number of nitrogens with one attached hydrogen (secondary N) is 1. The zero-order valence-corrected chi connectivity index (χ0v) is 16.5. The van der Waals surface area contributed by atoms with Crippen molar-refractivity contribution in [2.45, 2.75) is 51.9 Å². The van der Waals surface area contributed by atoms with E-state index in [1.807, 2.05) is 6.21 Å². The predicted molar refractivity (Wildman–Crippen MR) is 112 cm³/mol. The number of hydrogen-bond donors (Lipinski definition) is 1. The lowest BCUT2D eigenvalue weighted by Crippen LogP contribution is -2.51. The van der Waals surface area contributed by atoms with Gasteiger partial charge >= 0.3 is 0 Å². The van der Waals surface area contributed by atoms with E-state index in [1.165, 1.54) is 11.4 Å². The molecule has 5 nitrogen and oxygen atoms in total. The summed E-state index contributed by atoms with van der Waals surface area (Å²) in [5.41, 5.74) is 1.25. The van der Waals surface area contributed by atoms with Crippen LogP contribution >= 0.6 is 0 Å². The molecule has 0 aromatic carbocycles. The van der Waals surface area contributed by atoms with E-state index in [9.17, 15) is 0 Å². The molecule has 1 saturated heterocycles. The molecule has 4 aliphatic heterocycles. The third kappa shape index (κ3) is 3.32. The highest BCUT2D eigenvalue weighted by Crippen LogP contribution is 2.31. The minimum Gasteiger partial charge on any atom is -0.319 e. The Morgan fingerprint density at radius 1 is 1.37 bits per heavy atom. The van der Waals surface area contributed by atoms with Gasteiger partial charge in [0.05, 0.1) is 23.9 Å². The lowest BCUT2D eigenvalue weighted by Gasteiger charge is -2.39. The van der Waals surface area contributed by atoms with Crippen molar-refractivity contribution in [3.8, 4) is 0 Å². The van der Waals surface area contributed by atoms with Crippen molar-refractivity contribution in [1.82, 2.24) is 15.1 Å². The van der Waals surface area contributed by atoms with E-state index in [4.69, 9.17) is 4.99 Å². The third-order valence-corrected chi connectivity index (χ3v) is 5.45. The van der Waals surface area contributed by atoms with Crippen LogP contribution in [0.15, 0.2) is 65.2 Å². The predicted octanol–water partition coefficient (Wildman–Crippen LogP) is 2.97. The Bertz CT molecular complexity index is 788. The topological polar surface area (TPSA) is 33.9 Å². The SMILES string of the molecule is CC=CN1C=CC=CC1N(C1=CC2=CCC=NC2=[N+]1C(C)C)[C@H]1CCNC1. The van der Waals surface area contributed by atoms with Crippen LogP contribution in [0.25, 0.3) is 0 Å². The zero-order chi connectivity index (χ0) is 18.8. The van der Waals surface area contributed by atoms with Crippen LogP contribution in [0.4, 0.5) is 0 Å². The van der Waals surface area contributed by atoms with Crippen LogP contribution in [0.2, 0.25) is 0 Å². The van der Waals surface area contributed by atoms with Gasteiger partial charge in [-0.1, -0.05) is 18.2 Å². The van der Waals surface area contributed by atoms with Crippen LogP contribution in [0, 0.1) is 0 Å². The summed E-state index contributed by atoms with van der Waals surface area (Å²) in [5, 5.41) is 3.55. The molecule has 0 amide bonds. The van der Waals surface area contributed by atoms with Crippen LogP contribution in [0.3, 0.4) is 0 Å². The van der Waals surface area contributed by atoms with Crippen molar-refractivity contribution < 1.29 is 4.58 Å². The molecule has 0 aromatic rings. The van der Waals surface area contributed by atoms with Crippen molar-refractivity contribution in [2.75, 3.05) is 13.1 Å². The Morgan fingerprint density at radius 3 is 3.00 bits per heavy atom. The maximum absolute atomic E-state index is 4.75. The highest BCUT2D eigenvalue weighted by molar-refractivity contribution is 6.05. The van der Waals surface area contributed by atoms with Gasteiger partial charge in [-0.2, -0.15) is 0 Å². The normalized spacial score (nSPS) is 27.0. The Hall–Kier alpha value is -2.40. The second-order valence-electron chi connectivity index (χ2n) is 7.62. The number of nitrogens with zero attached hydrogens (tertiary/aromatic N) is 4. The van der Waals surface area contributed by atoms with E-state index in [0.29, 0.717) is 12.1 Å². The molecule has 1 unspecified atom stereocenters. The fourth-order valence-electron chi connectivity index (χ4n) is 4.30. The summed E-state index contributed by atoms with van der Waals surface area (Å²) >= 11 is 0. The molecule has 0 aromatic heterocycles. The molecule has 1 N–H and O–H groups in total. The Labute approximate surface area is 162 Å². The van der Waals surface area contributed by atoms with Crippen molar-refractivity contribution >= 4 is 12.1 Å². The minimum atomic E-state index is 0.161. The number of fused-ring (bicyclic) bond motifs is 1. The van der Waals surface area contributed by atoms with E-state index < -0.39 is 0 Å². The van der Waals surface area contributed by atoms with Crippen molar-refractivity contribution in [1.29, 1.82) is 0 Å². The lowest BCUT2D eigenvalue weighted by atomic mass is 10.1. The highest BCUT2D eigenvalue weighted by atomic mass is 15.4. The molecule has 1 fully saturated rings. The first kappa shape index (κ1) is 18.0. The second-order valence-corrected chi connectivity index (χ2v) is 7.62. The zero-order valence-electron chi connectivity index (χ0n) is 16.5. The number of amidine groups is 1. The van der Waals surface area contributed by atoms with Gasteiger partial charge in [0.15, 0.2) is 6.17 Å². The molecule has 0 saturated carbocycles. The first-order valence-electron chi connectivity index (χ1n) is 10.1. The molecule has 0 radical (unpaired) electrons. The van der Waals surface area contributed by atoms with Crippen LogP contribution in [0.5, 0.6) is 0 Å². The maximum atomic E-state index is 4.75. The average molecular weight is 365 g/mol. The Kier molecular flexibility index (Phi) is 5.12. The second kappa shape index (κ2) is 7.69. The van der Waals surface area contributed by atoms with Gasteiger partial charge in [-0.15, -0.1) is 4.99 Å². The van der Waals surface area contributed by atoms with Gasteiger partial charge in [-0.25, -0.2) is 4.58 Å². The summed E-state index contributed by atoms with van der Waals surface area (Å²) < 4.78 is 2.40. The first-order chi connectivity index (χ1) is 13.2. The largest absolute Gasteiger partial charge is 0.319 e. The van der Waals surface area contributed by atoms with Crippen molar-refractivity contribution in [3.63, 3.8) is 0 Å². The van der Waals surface area contributed by atoms with E-state index in [1.54, 1.807) is 0 Å². The van der Waals surface area contributed by atoms with E-state index in [-0.39, 0.29) is 6.17 Å². The number of rotatable bonds is 5. The molecule has 0 aliphatic carbocycles. The standard InChI is InChI=1S/C22H30N5/c1-4-13-25-14-6-5-9-20(25)27(19-10-12-23-16-19)21-15-18-8-7-11-24-22(18)26(21)17(2)3/h4-6,8-9,11,13-15,17,19-20,23H,7,10,12,16H2,1-3H3/q+1/t19-,20?/m0/s1. The van der Waals surface area contributed by atoms with E-state index in [2.05, 4.69) is 89.3 Å². The van der Waals surface area contributed by atoms with Crippen LogP contribution < -0.4 is 5.32 Å². The monoisotopic (exact) mass is 364 g/mol.